The van der Waals surface area contributed by atoms with Gasteiger partial charge in [0.05, 0.1) is 6.61 Å². The highest BCUT2D eigenvalue weighted by Gasteiger charge is 2.28. The van der Waals surface area contributed by atoms with E-state index in [9.17, 15) is 9.90 Å². The van der Waals surface area contributed by atoms with Gasteiger partial charge in [-0.25, -0.2) is 0 Å². The Hall–Kier alpha value is -1.17. The van der Waals surface area contributed by atoms with E-state index >= 15 is 0 Å². The Kier molecular flexibility index (Phi) is 38.7. The number of aliphatic hydroxyl groups excluding tert-OH is 1. The van der Waals surface area contributed by atoms with Crippen LogP contribution in [0.1, 0.15) is 206 Å². The minimum absolute atomic E-state index is 0.302. The van der Waals surface area contributed by atoms with Gasteiger partial charge in [0.2, 0.25) is 0 Å². The molecule has 5 heteroatoms. The molecular weight excluding hydrogens is 606 g/mol. The third-order valence-electron chi connectivity index (χ3n) is 9.64. The van der Waals surface area contributed by atoms with Crippen molar-refractivity contribution in [2.45, 2.75) is 213 Å². The molecule has 0 aromatic carbocycles. The van der Waals surface area contributed by atoms with Gasteiger partial charge < -0.3 is 19.5 Å². The molecule has 0 amide bonds. The van der Waals surface area contributed by atoms with E-state index in [0.29, 0.717) is 19.6 Å². The number of unbranched alkanes of at least 4 members (excludes halogenated alkanes) is 24. The number of nitrogens with zero attached hydrogens (tertiary/aromatic N) is 1. The second-order valence-electron chi connectivity index (χ2n) is 14.9. The topological polar surface area (TPSA) is 59.0 Å². The lowest BCUT2D eigenvalue weighted by Gasteiger charge is -2.22. The molecule has 0 fully saturated rings. The van der Waals surface area contributed by atoms with Gasteiger partial charge in [0.15, 0.2) is 6.29 Å². The van der Waals surface area contributed by atoms with E-state index in [0.717, 1.165) is 45.1 Å². The Morgan fingerprint density at radius 1 is 0.551 bits per heavy atom. The molecule has 0 aliphatic carbocycles. The summed E-state index contributed by atoms with van der Waals surface area (Å²) in [7, 11) is 4.06. The molecule has 0 saturated heterocycles. The quantitative estimate of drug-likeness (QED) is 0.0301. The number of carbonyl (C=O) groups excluding carboxylic acids is 1. The van der Waals surface area contributed by atoms with E-state index < -0.39 is 12.2 Å². The lowest BCUT2D eigenvalue weighted by molar-refractivity contribution is -0.177. The Morgan fingerprint density at radius 3 is 1.45 bits per heavy atom. The van der Waals surface area contributed by atoms with E-state index in [2.05, 4.69) is 43.1 Å². The van der Waals surface area contributed by atoms with Crippen molar-refractivity contribution in [3.05, 3.63) is 24.3 Å². The number of ether oxygens (including phenoxy) is 2. The van der Waals surface area contributed by atoms with Crippen LogP contribution in [0, 0.1) is 5.92 Å². The summed E-state index contributed by atoms with van der Waals surface area (Å²) >= 11 is 0. The summed E-state index contributed by atoms with van der Waals surface area (Å²) in [4.78, 5) is 15.0. The van der Waals surface area contributed by atoms with Crippen molar-refractivity contribution in [1.29, 1.82) is 0 Å². The fourth-order valence-corrected chi connectivity index (χ4v) is 6.34. The highest BCUT2D eigenvalue weighted by molar-refractivity contribution is 5.72. The molecule has 49 heavy (non-hydrogen) atoms. The number of hydrogen-bond acceptors (Lipinski definition) is 5. The first-order chi connectivity index (χ1) is 24.0. The monoisotopic (exact) mass is 692 g/mol. The van der Waals surface area contributed by atoms with E-state index in [4.69, 9.17) is 9.47 Å². The number of esters is 1. The zero-order chi connectivity index (χ0) is 35.9. The molecule has 0 rings (SSSR count). The molecule has 0 heterocycles. The molecule has 1 N–H and O–H groups in total. The van der Waals surface area contributed by atoms with Gasteiger partial charge in [-0.15, -0.1) is 0 Å². The van der Waals surface area contributed by atoms with Crippen molar-refractivity contribution in [3.8, 4) is 0 Å². The van der Waals surface area contributed by atoms with Crippen LogP contribution in [0.2, 0.25) is 0 Å². The van der Waals surface area contributed by atoms with Crippen molar-refractivity contribution < 1.29 is 19.4 Å². The van der Waals surface area contributed by atoms with Gasteiger partial charge >= 0.3 is 5.97 Å². The summed E-state index contributed by atoms with van der Waals surface area (Å²) in [5.41, 5.74) is 0. The maximum atomic E-state index is 12.9. The molecule has 0 bridgehead atoms. The molecule has 0 aromatic rings. The molecule has 5 nitrogen and oxygen atoms in total. The van der Waals surface area contributed by atoms with Crippen molar-refractivity contribution in [3.63, 3.8) is 0 Å². The summed E-state index contributed by atoms with van der Waals surface area (Å²) in [5, 5.41) is 10.8. The molecule has 0 aromatic heterocycles. The van der Waals surface area contributed by atoms with Crippen LogP contribution in [-0.4, -0.2) is 56.1 Å². The average Bonchev–Trinajstić information content (AvgIpc) is 3.09. The van der Waals surface area contributed by atoms with Crippen LogP contribution in [0.25, 0.3) is 0 Å². The van der Waals surface area contributed by atoms with E-state index in [1.807, 2.05) is 14.1 Å². The summed E-state index contributed by atoms with van der Waals surface area (Å²) < 4.78 is 11.4. The maximum Gasteiger partial charge on any atom is 0.314 e. The predicted octanol–water partition coefficient (Wildman–Crippen LogP) is 12.9. The molecule has 0 radical (unpaired) electrons. The Labute approximate surface area is 306 Å². The number of hydrogen-bond donors (Lipinski definition) is 1. The number of carbonyl (C=O) groups is 1. The third kappa shape index (κ3) is 36.4. The van der Waals surface area contributed by atoms with Crippen molar-refractivity contribution in [2.24, 2.45) is 5.92 Å². The van der Waals surface area contributed by atoms with E-state index in [1.54, 1.807) is 0 Å². The molecule has 2 unspecified atom stereocenters. The standard InChI is InChI=1S/C44H85NO4/c1-5-7-9-11-13-15-17-19-21-23-25-27-29-31-33-35-40-48-43(46)42(38-37-39-45(3)4)44(47)49-41-36-34-32-30-28-26-24-22-20-18-16-14-12-10-8-6-2/h13,15,19,21,42-43,46H,5-12,14,16-18,20,22-41H2,1-4H3/b15-13-,21-19-. The first-order valence-corrected chi connectivity index (χ1v) is 21.4. The highest BCUT2D eigenvalue weighted by atomic mass is 16.6. The summed E-state index contributed by atoms with van der Waals surface area (Å²) in [5.74, 6) is -0.908. The lowest BCUT2D eigenvalue weighted by Crippen LogP contribution is -2.33. The second-order valence-corrected chi connectivity index (χ2v) is 14.9. The molecule has 0 aliphatic heterocycles. The second kappa shape index (κ2) is 39.6. The van der Waals surface area contributed by atoms with Gasteiger partial charge in [0.1, 0.15) is 5.92 Å². The molecule has 0 saturated carbocycles. The summed E-state index contributed by atoms with van der Waals surface area (Å²) in [6.07, 6.45) is 45.1. The highest BCUT2D eigenvalue weighted by Crippen LogP contribution is 2.18. The van der Waals surface area contributed by atoms with Crippen molar-refractivity contribution >= 4 is 5.97 Å². The Bertz CT molecular complexity index is 722. The van der Waals surface area contributed by atoms with Crippen LogP contribution < -0.4 is 0 Å². The van der Waals surface area contributed by atoms with Crippen molar-refractivity contribution in [1.82, 2.24) is 4.90 Å². The van der Waals surface area contributed by atoms with Gasteiger partial charge in [-0.2, -0.15) is 0 Å². The van der Waals surface area contributed by atoms with Crippen LogP contribution in [0.15, 0.2) is 24.3 Å². The number of aliphatic hydroxyl groups is 1. The number of rotatable bonds is 39. The fourth-order valence-electron chi connectivity index (χ4n) is 6.34. The van der Waals surface area contributed by atoms with Gasteiger partial charge in [0.25, 0.3) is 0 Å². The van der Waals surface area contributed by atoms with E-state index in [-0.39, 0.29) is 5.97 Å². The minimum atomic E-state index is -1.08. The van der Waals surface area contributed by atoms with Crippen LogP contribution in [0.5, 0.6) is 0 Å². The molecule has 0 spiro atoms. The molecule has 2 atom stereocenters. The Morgan fingerprint density at radius 2 is 0.959 bits per heavy atom. The van der Waals surface area contributed by atoms with Crippen LogP contribution in [0.3, 0.4) is 0 Å². The van der Waals surface area contributed by atoms with Crippen LogP contribution in [-0.2, 0) is 14.3 Å². The van der Waals surface area contributed by atoms with Crippen molar-refractivity contribution in [2.75, 3.05) is 33.9 Å². The maximum absolute atomic E-state index is 12.9. The smallest absolute Gasteiger partial charge is 0.314 e. The van der Waals surface area contributed by atoms with Crippen LogP contribution in [0.4, 0.5) is 0 Å². The summed E-state index contributed by atoms with van der Waals surface area (Å²) in [6.45, 7) is 6.35. The van der Waals surface area contributed by atoms with E-state index in [1.165, 1.54) is 148 Å². The van der Waals surface area contributed by atoms with Crippen LogP contribution >= 0.6 is 0 Å². The SMILES string of the molecule is CCCCC/C=C\C/C=C\CCCCCCCCOC(O)C(CCCN(C)C)C(=O)OCCCCCCCCCCCCCCCCCC. The molecule has 290 valence electrons. The number of allylic oxidation sites excluding steroid dienone is 4. The molecular formula is C44H85NO4. The fraction of sp³-hybridized carbons (Fsp3) is 0.886. The lowest BCUT2D eigenvalue weighted by atomic mass is 10.0. The zero-order valence-electron chi connectivity index (χ0n) is 33.4. The van der Waals surface area contributed by atoms with Gasteiger partial charge in [-0.3, -0.25) is 4.79 Å². The largest absolute Gasteiger partial charge is 0.465 e. The zero-order valence-corrected chi connectivity index (χ0v) is 33.4. The van der Waals surface area contributed by atoms with Gasteiger partial charge in [0, 0.05) is 6.61 Å². The van der Waals surface area contributed by atoms with Gasteiger partial charge in [-0.1, -0.05) is 173 Å². The minimum Gasteiger partial charge on any atom is -0.465 e. The average molecular weight is 692 g/mol. The predicted molar refractivity (Wildman–Crippen MR) is 213 cm³/mol. The first kappa shape index (κ1) is 47.8. The molecule has 0 aliphatic rings. The third-order valence-corrected chi connectivity index (χ3v) is 9.64. The first-order valence-electron chi connectivity index (χ1n) is 21.4. The van der Waals surface area contributed by atoms with Gasteiger partial charge in [-0.05, 0) is 78.4 Å². The normalized spacial score (nSPS) is 13.3. The summed E-state index contributed by atoms with van der Waals surface area (Å²) in [6, 6.07) is 0. The Balaban J connectivity index is 3.91.